The first kappa shape index (κ1) is 17.1. The van der Waals surface area contributed by atoms with Crippen molar-refractivity contribution in [3.05, 3.63) is 60.2 Å². The Kier molecular flexibility index (Phi) is 5.57. The van der Waals surface area contributed by atoms with Gasteiger partial charge in [-0.05, 0) is 24.3 Å². The molecule has 6 heteroatoms. The largest absolute Gasteiger partial charge is 0.507 e. The fraction of sp³-hybridized carbons (Fsp3) is 0.111. The minimum atomic E-state index is -0.877. The number of carbonyl (C=O) groups excluding carboxylic acids is 2. The normalized spacial score (nSPS) is 10.8. The third-order valence-electron chi connectivity index (χ3n) is 3.18. The van der Waals surface area contributed by atoms with Crippen molar-refractivity contribution in [1.29, 1.82) is 0 Å². The second-order valence-electron chi connectivity index (χ2n) is 4.81. The summed E-state index contributed by atoms with van der Waals surface area (Å²) in [7, 11) is 2.99. The number of rotatable bonds is 6. The number of amides is 1. The van der Waals surface area contributed by atoms with Crippen LogP contribution in [0.1, 0.15) is 5.56 Å². The number of aliphatic hydroxyl groups excluding tert-OH is 1. The molecule has 0 fully saturated rings. The minimum absolute atomic E-state index is 0.320. The van der Waals surface area contributed by atoms with E-state index in [4.69, 9.17) is 9.47 Å². The van der Waals surface area contributed by atoms with Gasteiger partial charge in [-0.15, -0.1) is 0 Å². The summed E-state index contributed by atoms with van der Waals surface area (Å²) in [6, 6.07) is 13.1. The van der Waals surface area contributed by atoms with Crippen LogP contribution in [0.3, 0.4) is 0 Å². The predicted octanol–water partition coefficient (Wildman–Crippen LogP) is 2.81. The maximum absolute atomic E-state index is 11.9. The molecule has 2 aromatic rings. The topological polar surface area (TPSA) is 84.9 Å². The summed E-state index contributed by atoms with van der Waals surface area (Å²) < 4.78 is 10.1. The van der Waals surface area contributed by atoms with E-state index in [0.29, 0.717) is 22.7 Å². The van der Waals surface area contributed by atoms with Crippen LogP contribution >= 0.6 is 0 Å². The number of ether oxygens (including phenoxy) is 2. The summed E-state index contributed by atoms with van der Waals surface area (Å²) in [6.07, 6.45) is 0.865. The van der Waals surface area contributed by atoms with E-state index >= 15 is 0 Å². The summed E-state index contributed by atoms with van der Waals surface area (Å²) >= 11 is 0. The van der Waals surface area contributed by atoms with Gasteiger partial charge in [0.25, 0.3) is 5.91 Å². The molecule has 0 aromatic heterocycles. The highest BCUT2D eigenvalue weighted by Gasteiger charge is 2.14. The third-order valence-corrected chi connectivity index (χ3v) is 3.18. The smallest absolute Gasteiger partial charge is 0.296 e. The maximum atomic E-state index is 11.9. The quantitative estimate of drug-likeness (QED) is 0.484. The van der Waals surface area contributed by atoms with Gasteiger partial charge in [0.15, 0.2) is 0 Å². The lowest BCUT2D eigenvalue weighted by Gasteiger charge is -2.06. The van der Waals surface area contributed by atoms with E-state index in [1.807, 2.05) is 0 Å². The summed E-state index contributed by atoms with van der Waals surface area (Å²) in [5.41, 5.74) is 0.791. The van der Waals surface area contributed by atoms with Gasteiger partial charge in [0, 0.05) is 23.4 Å². The van der Waals surface area contributed by atoms with Crippen LogP contribution in [-0.4, -0.2) is 31.0 Å². The number of carbonyl (C=O) groups is 2. The Morgan fingerprint density at radius 3 is 2.29 bits per heavy atom. The highest BCUT2D eigenvalue weighted by molar-refractivity contribution is 6.45. The Morgan fingerprint density at radius 2 is 1.62 bits per heavy atom. The van der Waals surface area contributed by atoms with Gasteiger partial charge >= 0.3 is 0 Å². The van der Waals surface area contributed by atoms with Gasteiger partial charge in [0.2, 0.25) is 5.78 Å². The molecule has 124 valence electrons. The van der Waals surface area contributed by atoms with E-state index in [9.17, 15) is 14.7 Å². The van der Waals surface area contributed by atoms with E-state index < -0.39 is 11.7 Å². The first-order valence-corrected chi connectivity index (χ1v) is 7.08. The Hall–Kier alpha value is -3.28. The molecule has 0 aliphatic carbocycles. The zero-order valence-electron chi connectivity index (χ0n) is 13.3. The van der Waals surface area contributed by atoms with Crippen LogP contribution in [0, 0.1) is 0 Å². The first-order chi connectivity index (χ1) is 11.5. The Balaban J connectivity index is 2.10. The van der Waals surface area contributed by atoms with Gasteiger partial charge in [-0.2, -0.15) is 0 Å². The first-order valence-electron chi connectivity index (χ1n) is 7.08. The van der Waals surface area contributed by atoms with Gasteiger partial charge in [-0.1, -0.05) is 18.2 Å². The molecular formula is C18H17NO5. The van der Waals surface area contributed by atoms with Crippen molar-refractivity contribution in [2.24, 2.45) is 0 Å². The highest BCUT2D eigenvalue weighted by atomic mass is 16.5. The van der Waals surface area contributed by atoms with E-state index in [1.165, 1.54) is 14.2 Å². The fourth-order valence-electron chi connectivity index (χ4n) is 1.95. The molecule has 6 nitrogen and oxygen atoms in total. The molecule has 0 aliphatic rings. The molecule has 0 aliphatic heterocycles. The molecule has 2 rings (SSSR count). The molecule has 0 bridgehead atoms. The van der Waals surface area contributed by atoms with Crippen LogP contribution in [-0.2, 0) is 9.59 Å². The maximum Gasteiger partial charge on any atom is 0.296 e. The lowest BCUT2D eigenvalue weighted by atomic mass is 10.1. The molecule has 0 unspecified atom stereocenters. The van der Waals surface area contributed by atoms with Crippen LogP contribution < -0.4 is 14.8 Å². The van der Waals surface area contributed by atoms with Crippen molar-refractivity contribution in [2.75, 3.05) is 19.5 Å². The zero-order valence-corrected chi connectivity index (χ0v) is 13.3. The van der Waals surface area contributed by atoms with Gasteiger partial charge in [0.1, 0.15) is 17.3 Å². The van der Waals surface area contributed by atoms with Gasteiger partial charge in [-0.25, -0.2) is 0 Å². The molecular weight excluding hydrogens is 310 g/mol. The second-order valence-corrected chi connectivity index (χ2v) is 4.81. The molecule has 0 saturated heterocycles. The monoisotopic (exact) mass is 327 g/mol. The number of nitrogens with one attached hydrogen (secondary N) is 1. The molecule has 0 spiro atoms. The number of hydrogen-bond donors (Lipinski definition) is 2. The second kappa shape index (κ2) is 7.82. The summed E-state index contributed by atoms with van der Waals surface area (Å²) in [6.45, 7) is 0. The number of hydrogen-bond acceptors (Lipinski definition) is 5. The van der Waals surface area contributed by atoms with Crippen LogP contribution in [0.4, 0.5) is 5.69 Å². The van der Waals surface area contributed by atoms with Gasteiger partial charge in [0.05, 0.1) is 14.2 Å². The molecule has 0 saturated carbocycles. The van der Waals surface area contributed by atoms with Crippen molar-refractivity contribution in [1.82, 2.24) is 0 Å². The molecule has 2 aromatic carbocycles. The molecule has 0 radical (unpaired) electrons. The average Bonchev–Trinajstić information content (AvgIpc) is 2.61. The minimum Gasteiger partial charge on any atom is -0.507 e. The van der Waals surface area contributed by atoms with Crippen molar-refractivity contribution in [3.8, 4) is 11.5 Å². The van der Waals surface area contributed by atoms with E-state index in [1.54, 1.807) is 48.5 Å². The average molecular weight is 327 g/mol. The fourth-order valence-corrected chi connectivity index (χ4v) is 1.95. The number of methoxy groups -OCH3 is 2. The van der Waals surface area contributed by atoms with Crippen molar-refractivity contribution < 1.29 is 24.2 Å². The SMILES string of the molecule is COc1cccc(NC(=O)C(=O)C=C(O)c2cccc(OC)c2)c1. The van der Waals surface area contributed by atoms with Crippen molar-refractivity contribution in [3.63, 3.8) is 0 Å². The zero-order chi connectivity index (χ0) is 17.5. The summed E-state index contributed by atoms with van der Waals surface area (Å²) in [4.78, 5) is 23.8. The van der Waals surface area contributed by atoms with Crippen molar-refractivity contribution >= 4 is 23.1 Å². The lowest BCUT2D eigenvalue weighted by molar-refractivity contribution is -0.131. The van der Waals surface area contributed by atoms with Crippen LogP contribution in [0.25, 0.3) is 5.76 Å². The molecule has 0 heterocycles. The summed E-state index contributed by atoms with van der Waals surface area (Å²) in [5.74, 6) is -0.980. The predicted molar refractivity (Wildman–Crippen MR) is 90.2 cm³/mol. The number of benzene rings is 2. The summed E-state index contributed by atoms with van der Waals surface area (Å²) in [5, 5.41) is 12.4. The van der Waals surface area contributed by atoms with Gasteiger partial charge < -0.3 is 19.9 Å². The Bertz CT molecular complexity index is 782. The molecule has 1 amide bonds. The molecule has 0 atom stereocenters. The van der Waals surface area contributed by atoms with Crippen LogP contribution in [0.5, 0.6) is 11.5 Å². The highest BCUT2D eigenvalue weighted by Crippen LogP contribution is 2.19. The lowest BCUT2D eigenvalue weighted by Crippen LogP contribution is -2.21. The molecule has 24 heavy (non-hydrogen) atoms. The third kappa shape index (κ3) is 4.36. The number of ketones is 1. The standard InChI is InChI=1S/C18H17NO5/c1-23-14-7-3-5-12(9-14)16(20)11-17(21)18(22)19-13-6-4-8-15(10-13)24-2/h3-11,20H,1-2H3,(H,19,22). The Morgan fingerprint density at radius 1 is 1.00 bits per heavy atom. The number of anilines is 1. The Labute approximate surface area is 139 Å². The molecule has 2 N–H and O–H groups in total. The van der Waals surface area contributed by atoms with E-state index in [0.717, 1.165) is 6.08 Å². The number of aliphatic hydroxyl groups is 1. The van der Waals surface area contributed by atoms with Gasteiger partial charge in [-0.3, -0.25) is 9.59 Å². The van der Waals surface area contributed by atoms with E-state index in [2.05, 4.69) is 5.32 Å². The van der Waals surface area contributed by atoms with E-state index in [-0.39, 0.29) is 5.76 Å². The van der Waals surface area contributed by atoms with Crippen LogP contribution in [0.2, 0.25) is 0 Å². The van der Waals surface area contributed by atoms with Crippen molar-refractivity contribution in [2.45, 2.75) is 0 Å². The van der Waals surface area contributed by atoms with Crippen LogP contribution in [0.15, 0.2) is 54.6 Å².